The number of nitrogens with one attached hydrogen (secondary N) is 2. The highest BCUT2D eigenvalue weighted by Crippen LogP contribution is 2.57. The summed E-state index contributed by atoms with van der Waals surface area (Å²) >= 11 is 0. The van der Waals surface area contributed by atoms with Crippen LogP contribution in [-0.4, -0.2) is 82.3 Å². The standard InChI is InChI=1S/C20H38N4O3S/c1-4-21-19(23-17-15-18(27-5-2)20(17)9-6-10-20)22-16-7-11-24(12-8-16)13-14-28(3,25)26/h16-18H,4-15H2,1-3H3,(H2,21,22,23). The Bertz CT molecular complexity index is 640. The third-order valence-corrected chi connectivity index (χ3v) is 7.70. The quantitative estimate of drug-likeness (QED) is 0.461. The van der Waals surface area contributed by atoms with Crippen LogP contribution in [0.15, 0.2) is 4.99 Å². The minimum absolute atomic E-state index is 0.250. The van der Waals surface area contributed by atoms with E-state index < -0.39 is 9.84 Å². The average molecular weight is 415 g/mol. The van der Waals surface area contributed by atoms with E-state index in [2.05, 4.69) is 34.4 Å². The number of ether oxygens (including phenoxy) is 1. The van der Waals surface area contributed by atoms with Crippen LogP contribution in [0.4, 0.5) is 0 Å². The third kappa shape index (κ3) is 5.19. The first-order chi connectivity index (χ1) is 13.4. The predicted molar refractivity (Wildman–Crippen MR) is 114 cm³/mol. The lowest BCUT2D eigenvalue weighted by Gasteiger charge is -2.61. The number of nitrogens with zero attached hydrogens (tertiary/aromatic N) is 2. The molecule has 2 aliphatic carbocycles. The van der Waals surface area contributed by atoms with E-state index in [1.165, 1.54) is 25.5 Å². The average Bonchev–Trinajstić information content (AvgIpc) is 2.58. The Morgan fingerprint density at radius 1 is 1.21 bits per heavy atom. The van der Waals surface area contributed by atoms with Gasteiger partial charge in [0.2, 0.25) is 0 Å². The molecule has 2 atom stereocenters. The second-order valence-corrected chi connectivity index (χ2v) is 10.9. The summed E-state index contributed by atoms with van der Waals surface area (Å²) in [5.41, 5.74) is 0.321. The van der Waals surface area contributed by atoms with Gasteiger partial charge in [-0.3, -0.25) is 4.99 Å². The molecule has 0 aromatic heterocycles. The fourth-order valence-electron chi connectivity index (χ4n) is 4.89. The van der Waals surface area contributed by atoms with Gasteiger partial charge in [-0.15, -0.1) is 0 Å². The molecule has 3 aliphatic rings. The van der Waals surface area contributed by atoms with Crippen LogP contribution in [-0.2, 0) is 14.6 Å². The molecular formula is C20H38N4O3S. The van der Waals surface area contributed by atoms with Crippen molar-refractivity contribution in [2.45, 2.75) is 70.6 Å². The van der Waals surface area contributed by atoms with Gasteiger partial charge in [-0.05, 0) is 46.0 Å². The molecule has 0 amide bonds. The van der Waals surface area contributed by atoms with E-state index in [9.17, 15) is 8.42 Å². The lowest BCUT2D eigenvalue weighted by molar-refractivity contribution is -0.168. The summed E-state index contributed by atoms with van der Waals surface area (Å²) in [6, 6.07) is 0.859. The van der Waals surface area contributed by atoms with E-state index in [4.69, 9.17) is 4.74 Å². The molecule has 3 fully saturated rings. The molecule has 7 nitrogen and oxygen atoms in total. The van der Waals surface area contributed by atoms with Gasteiger partial charge in [-0.1, -0.05) is 6.42 Å². The van der Waals surface area contributed by atoms with Crippen molar-refractivity contribution >= 4 is 15.8 Å². The van der Waals surface area contributed by atoms with Crippen molar-refractivity contribution in [2.24, 2.45) is 10.4 Å². The first kappa shape index (κ1) is 21.8. The van der Waals surface area contributed by atoms with E-state index in [1.807, 2.05) is 0 Å². The maximum atomic E-state index is 11.4. The molecule has 2 saturated carbocycles. The van der Waals surface area contributed by atoms with Crippen molar-refractivity contribution in [3.63, 3.8) is 0 Å². The molecule has 8 heteroatoms. The summed E-state index contributed by atoms with van der Waals surface area (Å²) in [7, 11) is -2.89. The van der Waals surface area contributed by atoms with Gasteiger partial charge in [0.1, 0.15) is 9.84 Å². The molecule has 1 aliphatic heterocycles. The molecule has 28 heavy (non-hydrogen) atoms. The molecule has 1 spiro atoms. The minimum atomic E-state index is -2.89. The second kappa shape index (κ2) is 9.30. The topological polar surface area (TPSA) is 83.0 Å². The summed E-state index contributed by atoms with van der Waals surface area (Å²) in [6.07, 6.45) is 8.65. The van der Waals surface area contributed by atoms with Gasteiger partial charge in [0.25, 0.3) is 0 Å². The van der Waals surface area contributed by atoms with Gasteiger partial charge in [0, 0.05) is 56.5 Å². The Hall–Kier alpha value is -0.860. The molecule has 0 radical (unpaired) electrons. The Balaban J connectivity index is 1.47. The maximum absolute atomic E-state index is 11.4. The van der Waals surface area contributed by atoms with Crippen LogP contribution in [0, 0.1) is 5.41 Å². The van der Waals surface area contributed by atoms with Crippen molar-refractivity contribution in [2.75, 3.05) is 44.8 Å². The Morgan fingerprint density at radius 3 is 2.46 bits per heavy atom. The largest absolute Gasteiger partial charge is 0.378 e. The molecule has 1 heterocycles. The van der Waals surface area contributed by atoms with Gasteiger partial charge in [0.05, 0.1) is 11.9 Å². The van der Waals surface area contributed by atoms with E-state index in [0.717, 1.165) is 51.5 Å². The molecule has 2 N–H and O–H groups in total. The molecule has 0 aromatic rings. The van der Waals surface area contributed by atoms with Gasteiger partial charge in [-0.2, -0.15) is 0 Å². The summed E-state index contributed by atoms with van der Waals surface area (Å²) in [5, 5.41) is 7.34. The number of rotatable bonds is 8. The third-order valence-electron chi connectivity index (χ3n) is 6.77. The van der Waals surface area contributed by atoms with Crippen molar-refractivity contribution in [1.29, 1.82) is 0 Å². The van der Waals surface area contributed by atoms with Gasteiger partial charge < -0.3 is 20.3 Å². The fourth-order valence-corrected chi connectivity index (χ4v) is 5.48. The van der Waals surface area contributed by atoms with Crippen molar-refractivity contribution in [1.82, 2.24) is 15.5 Å². The number of likely N-dealkylation sites (tertiary alicyclic amines) is 1. The first-order valence-corrected chi connectivity index (χ1v) is 13.0. The van der Waals surface area contributed by atoms with E-state index >= 15 is 0 Å². The molecule has 0 aromatic carbocycles. The summed E-state index contributed by atoms with van der Waals surface area (Å²) in [4.78, 5) is 6.94. The SMILES string of the molecule is CCN=C(NC1CCN(CCS(C)(=O)=O)CC1)NC1CC(OCC)C12CCC2. The van der Waals surface area contributed by atoms with Gasteiger partial charge in [0.15, 0.2) is 5.96 Å². The van der Waals surface area contributed by atoms with Crippen LogP contribution < -0.4 is 10.6 Å². The Kier molecular flexibility index (Phi) is 7.26. The summed E-state index contributed by atoms with van der Waals surface area (Å²) in [5.74, 6) is 1.18. The first-order valence-electron chi connectivity index (χ1n) is 11.0. The monoisotopic (exact) mass is 414 g/mol. The second-order valence-electron chi connectivity index (χ2n) is 8.68. The van der Waals surface area contributed by atoms with Crippen LogP contribution in [0.25, 0.3) is 0 Å². The van der Waals surface area contributed by atoms with Crippen molar-refractivity contribution < 1.29 is 13.2 Å². The van der Waals surface area contributed by atoms with Crippen LogP contribution in [0.5, 0.6) is 0 Å². The lowest BCUT2D eigenvalue weighted by atomic mass is 9.51. The highest BCUT2D eigenvalue weighted by atomic mass is 32.2. The number of aliphatic imine (C=N–C) groups is 1. The molecular weight excluding hydrogens is 376 g/mol. The highest BCUT2D eigenvalue weighted by molar-refractivity contribution is 7.90. The normalized spacial score (nSPS) is 28.6. The van der Waals surface area contributed by atoms with E-state index in [1.54, 1.807) is 0 Å². The molecule has 162 valence electrons. The van der Waals surface area contributed by atoms with E-state index in [0.29, 0.717) is 30.1 Å². The zero-order valence-electron chi connectivity index (χ0n) is 17.7. The summed E-state index contributed by atoms with van der Waals surface area (Å²) in [6.45, 7) is 8.23. The van der Waals surface area contributed by atoms with Crippen LogP contribution in [0.2, 0.25) is 0 Å². The Morgan fingerprint density at radius 2 is 1.93 bits per heavy atom. The fraction of sp³-hybridized carbons (Fsp3) is 0.950. The van der Waals surface area contributed by atoms with Crippen LogP contribution in [0.1, 0.15) is 52.4 Å². The maximum Gasteiger partial charge on any atom is 0.191 e. The lowest BCUT2D eigenvalue weighted by Crippen LogP contribution is -2.69. The zero-order valence-corrected chi connectivity index (χ0v) is 18.6. The number of hydrogen-bond donors (Lipinski definition) is 2. The van der Waals surface area contributed by atoms with Crippen LogP contribution >= 0.6 is 0 Å². The number of sulfone groups is 1. The number of piperidine rings is 1. The van der Waals surface area contributed by atoms with Gasteiger partial charge >= 0.3 is 0 Å². The zero-order chi connectivity index (χ0) is 20.2. The molecule has 0 bridgehead atoms. The number of guanidine groups is 1. The van der Waals surface area contributed by atoms with Crippen LogP contribution in [0.3, 0.4) is 0 Å². The minimum Gasteiger partial charge on any atom is -0.378 e. The smallest absolute Gasteiger partial charge is 0.191 e. The van der Waals surface area contributed by atoms with E-state index in [-0.39, 0.29) is 5.75 Å². The molecule has 2 unspecified atom stereocenters. The van der Waals surface area contributed by atoms with Crippen molar-refractivity contribution in [3.05, 3.63) is 0 Å². The predicted octanol–water partition coefficient (Wildman–Crippen LogP) is 1.40. The number of hydrogen-bond acceptors (Lipinski definition) is 5. The molecule has 1 saturated heterocycles. The highest BCUT2D eigenvalue weighted by Gasteiger charge is 2.59. The summed E-state index contributed by atoms with van der Waals surface area (Å²) < 4.78 is 28.7. The Labute approximate surface area is 170 Å². The molecule has 3 rings (SSSR count). The van der Waals surface area contributed by atoms with Crippen molar-refractivity contribution in [3.8, 4) is 0 Å². The van der Waals surface area contributed by atoms with Gasteiger partial charge in [-0.25, -0.2) is 8.42 Å².